The molecule has 0 amide bonds. The molecule has 5 N–H and O–H groups in total. The van der Waals surface area contributed by atoms with Crippen LogP contribution in [0.2, 0.25) is 0 Å². The Labute approximate surface area is 129 Å². The van der Waals surface area contributed by atoms with E-state index in [2.05, 4.69) is 15.0 Å². The van der Waals surface area contributed by atoms with E-state index in [-0.39, 0.29) is 66.6 Å². The number of aliphatic hydroxyl groups excluding tert-OH is 2. The molecule has 2 aromatic rings. The Morgan fingerprint density at radius 2 is 2.16 bits per heavy atom. The van der Waals surface area contributed by atoms with Crippen LogP contribution in [0.1, 0.15) is 0 Å². The molecule has 0 aliphatic carbocycles. The summed E-state index contributed by atoms with van der Waals surface area (Å²) >= 11 is 0. The minimum atomic E-state index is -0.693. The normalized spacial score (nSPS) is 10.9. The molecule has 0 bridgehead atoms. The summed E-state index contributed by atoms with van der Waals surface area (Å²) in [6, 6.07) is 0. The zero-order valence-corrected chi connectivity index (χ0v) is 12.4. The molecule has 9 nitrogen and oxygen atoms in total. The van der Waals surface area contributed by atoms with Crippen LogP contribution in [-0.4, -0.2) is 78.6 Å². The molecule has 0 saturated heterocycles. The Bertz CT molecular complexity index is 594. The maximum absolute atomic E-state index is 11.5. The van der Waals surface area contributed by atoms with Crippen LogP contribution in [0.4, 0.5) is 5.95 Å². The third-order valence-corrected chi connectivity index (χ3v) is 2.35. The largest absolute Gasteiger partial charge is 0.394 e. The van der Waals surface area contributed by atoms with E-state index in [9.17, 15) is 4.79 Å². The molecule has 99 valence electrons. The number of ether oxygens (including phenoxy) is 1. The summed E-state index contributed by atoms with van der Waals surface area (Å²) in [6.07, 6.45) is 0.680. The number of imidazole rings is 1. The average molecular weight is 278 g/mol. The molecule has 0 fully saturated rings. The third-order valence-electron chi connectivity index (χ3n) is 2.35. The van der Waals surface area contributed by atoms with Crippen molar-refractivity contribution in [1.29, 1.82) is 0 Å². The van der Waals surface area contributed by atoms with Gasteiger partial charge >= 0.3 is 0 Å². The maximum atomic E-state index is 11.5. The van der Waals surface area contributed by atoms with Crippen LogP contribution in [0.5, 0.6) is 0 Å². The van der Waals surface area contributed by atoms with Crippen molar-refractivity contribution >= 4 is 46.7 Å². The van der Waals surface area contributed by atoms with Gasteiger partial charge in [0.05, 0.1) is 19.5 Å². The monoisotopic (exact) mass is 278 g/mol. The predicted octanol–water partition coefficient (Wildman–Crippen LogP) is -2.35. The fourth-order valence-electron chi connectivity index (χ4n) is 1.41. The van der Waals surface area contributed by atoms with Gasteiger partial charge in [0.15, 0.2) is 11.2 Å². The van der Waals surface area contributed by atoms with Crippen molar-refractivity contribution in [3.05, 3.63) is 16.7 Å². The summed E-state index contributed by atoms with van der Waals surface area (Å²) in [5.41, 5.74) is 5.43. The van der Waals surface area contributed by atoms with E-state index in [4.69, 9.17) is 20.7 Å². The molecule has 0 aliphatic heterocycles. The first-order chi connectivity index (χ1) is 8.65. The molecule has 0 aliphatic rings. The van der Waals surface area contributed by atoms with Crippen LogP contribution in [0.15, 0.2) is 11.1 Å². The molecule has 0 aromatic carbocycles. The molecule has 2 rings (SSSR count). The number of aromatic nitrogens is 4. The first kappa shape index (κ1) is 16.1. The van der Waals surface area contributed by atoms with Crippen molar-refractivity contribution in [3.8, 4) is 0 Å². The van der Waals surface area contributed by atoms with Gasteiger partial charge in [0.2, 0.25) is 5.95 Å². The Morgan fingerprint density at radius 3 is 2.79 bits per heavy atom. The molecule has 0 unspecified atom stereocenters. The Balaban J connectivity index is 0.00000180. The minimum absolute atomic E-state index is 0. The molecule has 2 heterocycles. The van der Waals surface area contributed by atoms with E-state index in [0.717, 1.165) is 0 Å². The predicted molar refractivity (Wildman–Crippen MR) is 67.4 cm³/mol. The Kier molecular flexibility index (Phi) is 5.91. The molecule has 10 heteroatoms. The fourth-order valence-corrected chi connectivity index (χ4v) is 1.41. The van der Waals surface area contributed by atoms with Crippen LogP contribution in [0.25, 0.3) is 11.2 Å². The molecule has 0 spiro atoms. The second-order valence-electron chi connectivity index (χ2n) is 3.62. The topological polar surface area (TPSA) is 139 Å². The minimum Gasteiger partial charge on any atom is -0.394 e. The molecule has 19 heavy (non-hydrogen) atoms. The van der Waals surface area contributed by atoms with E-state index in [1.807, 2.05) is 0 Å². The summed E-state index contributed by atoms with van der Waals surface area (Å²) in [7, 11) is 0. The molecule has 1 radical (unpaired) electrons. The first-order valence-corrected chi connectivity index (χ1v) is 5.19. The van der Waals surface area contributed by atoms with Gasteiger partial charge in [-0.3, -0.25) is 14.3 Å². The summed E-state index contributed by atoms with van der Waals surface area (Å²) < 4.78 is 6.66. The summed E-state index contributed by atoms with van der Waals surface area (Å²) in [6.45, 7) is -0.614. The van der Waals surface area contributed by atoms with Crippen LogP contribution < -0.4 is 11.3 Å². The van der Waals surface area contributed by atoms with Crippen molar-refractivity contribution in [1.82, 2.24) is 19.5 Å². The second-order valence-corrected chi connectivity index (χ2v) is 3.62. The van der Waals surface area contributed by atoms with Crippen LogP contribution in [0, 0.1) is 0 Å². The van der Waals surface area contributed by atoms with Gasteiger partial charge in [0, 0.05) is 29.6 Å². The van der Waals surface area contributed by atoms with Gasteiger partial charge in [0.25, 0.3) is 5.56 Å². The number of anilines is 1. The van der Waals surface area contributed by atoms with Gasteiger partial charge in [-0.2, -0.15) is 4.98 Å². The molecule has 0 saturated carbocycles. The zero-order valence-electron chi connectivity index (χ0n) is 10.4. The number of nitrogen functional groups attached to an aromatic ring is 1. The number of H-pyrrole nitrogens is 1. The number of nitrogens with zero attached hydrogens (tertiary/aromatic N) is 3. The van der Waals surface area contributed by atoms with Crippen molar-refractivity contribution in [2.45, 2.75) is 12.8 Å². The van der Waals surface area contributed by atoms with Gasteiger partial charge in [-0.15, -0.1) is 0 Å². The quantitative estimate of drug-likeness (QED) is 0.449. The number of nitrogens with one attached hydrogen (secondary N) is 1. The van der Waals surface area contributed by atoms with Crippen molar-refractivity contribution < 1.29 is 14.9 Å². The number of hydrogen-bond acceptors (Lipinski definition) is 7. The smallest absolute Gasteiger partial charge is 0.280 e. The zero-order chi connectivity index (χ0) is 13.1. The SMILES string of the molecule is Nc1nc2c(ncn2COC(CO)CO)c(=O)[nH]1.[Na]. The van der Waals surface area contributed by atoms with Crippen molar-refractivity contribution in [2.75, 3.05) is 18.9 Å². The van der Waals surface area contributed by atoms with E-state index < -0.39 is 11.7 Å². The molecule has 0 atom stereocenters. The van der Waals surface area contributed by atoms with Crippen LogP contribution in [0.3, 0.4) is 0 Å². The van der Waals surface area contributed by atoms with Gasteiger partial charge in [-0.05, 0) is 0 Å². The van der Waals surface area contributed by atoms with E-state index in [1.54, 1.807) is 0 Å². The van der Waals surface area contributed by atoms with Crippen molar-refractivity contribution in [3.63, 3.8) is 0 Å². The van der Waals surface area contributed by atoms with Gasteiger partial charge in [-0.25, -0.2) is 4.98 Å². The average Bonchev–Trinajstić information content (AvgIpc) is 2.74. The molecular weight excluding hydrogens is 265 g/mol. The van der Waals surface area contributed by atoms with E-state index >= 15 is 0 Å². The number of aromatic amines is 1. The summed E-state index contributed by atoms with van der Waals surface area (Å²) in [5, 5.41) is 17.7. The van der Waals surface area contributed by atoms with Gasteiger partial charge in [-0.1, -0.05) is 0 Å². The van der Waals surface area contributed by atoms with Crippen LogP contribution in [-0.2, 0) is 11.5 Å². The number of rotatable bonds is 5. The van der Waals surface area contributed by atoms with Crippen LogP contribution >= 0.6 is 0 Å². The number of fused-ring (bicyclic) bond motifs is 1. The van der Waals surface area contributed by atoms with Gasteiger partial charge in [0.1, 0.15) is 12.8 Å². The van der Waals surface area contributed by atoms with Gasteiger partial charge < -0.3 is 20.7 Å². The number of hydrogen-bond donors (Lipinski definition) is 4. The summed E-state index contributed by atoms with van der Waals surface area (Å²) in [5.74, 6) is -0.0184. The summed E-state index contributed by atoms with van der Waals surface area (Å²) in [4.78, 5) is 21.6. The third kappa shape index (κ3) is 3.53. The van der Waals surface area contributed by atoms with E-state index in [0.29, 0.717) is 0 Å². The first-order valence-electron chi connectivity index (χ1n) is 5.19. The Morgan fingerprint density at radius 1 is 1.47 bits per heavy atom. The van der Waals surface area contributed by atoms with Crippen molar-refractivity contribution in [2.24, 2.45) is 0 Å². The second kappa shape index (κ2) is 6.98. The number of nitrogens with two attached hydrogens (primary N) is 1. The van der Waals surface area contributed by atoms with E-state index in [1.165, 1.54) is 10.9 Å². The molecular formula is C9H13N5NaO4. The standard InChI is InChI=1S/C9H13N5O4.Na/c10-9-12-7-6(8(17)13-9)11-3-14(7)4-18-5(1-15)2-16;/h3,5,15-16H,1-2,4H2,(H3,10,12,13,17);. The molecule has 2 aromatic heterocycles. The number of aliphatic hydroxyl groups is 2. The maximum Gasteiger partial charge on any atom is 0.280 e. The Hall–Kier alpha value is -0.970. The fraction of sp³-hybridized carbons (Fsp3) is 0.444.